The highest BCUT2D eigenvalue weighted by atomic mass is 16.5. The first-order valence-corrected chi connectivity index (χ1v) is 9.25. The van der Waals surface area contributed by atoms with Crippen molar-refractivity contribution in [3.63, 3.8) is 0 Å². The molecule has 0 radical (unpaired) electrons. The maximum Gasteiger partial charge on any atom is 0.354 e. The third kappa shape index (κ3) is 3.53. The number of aromatic nitrogens is 2. The number of carbonyl (C=O) groups is 2. The van der Waals surface area contributed by atoms with Gasteiger partial charge in [0.25, 0.3) is 0 Å². The Hall–Kier alpha value is -3.42. The van der Waals surface area contributed by atoms with Crippen molar-refractivity contribution >= 4 is 33.7 Å². The van der Waals surface area contributed by atoms with Crippen LogP contribution < -0.4 is 10.9 Å². The maximum absolute atomic E-state index is 13.0. The molecule has 0 fully saturated rings. The number of nitrogens with one attached hydrogen (secondary N) is 2. The Labute approximate surface area is 165 Å². The van der Waals surface area contributed by atoms with Crippen LogP contribution in [-0.4, -0.2) is 36.1 Å². The Morgan fingerprint density at radius 2 is 1.48 bits per heavy atom. The number of benzene rings is 1. The Morgan fingerprint density at radius 3 is 2.03 bits per heavy atom. The molecule has 2 aromatic heterocycles. The zero-order valence-corrected chi connectivity index (χ0v) is 16.7. The number of ether oxygens (including phenoxy) is 2. The van der Waals surface area contributed by atoms with E-state index in [0.29, 0.717) is 10.9 Å². The van der Waals surface area contributed by atoms with Gasteiger partial charge in [-0.15, -0.1) is 0 Å². The summed E-state index contributed by atoms with van der Waals surface area (Å²) in [6.07, 6.45) is 1.72. The van der Waals surface area contributed by atoms with Crippen LogP contribution in [0.1, 0.15) is 59.1 Å². The molecule has 0 amide bonds. The lowest BCUT2D eigenvalue weighted by molar-refractivity contribution is 0.0586. The highest BCUT2D eigenvalue weighted by molar-refractivity contribution is 6.07. The van der Waals surface area contributed by atoms with Gasteiger partial charge in [0, 0.05) is 17.5 Å². The number of hydrogen-bond acceptors (Lipinski definition) is 6. The van der Waals surface area contributed by atoms with E-state index in [2.05, 4.69) is 14.7 Å². The fourth-order valence-electron chi connectivity index (χ4n) is 3.58. The van der Waals surface area contributed by atoms with Crippen molar-refractivity contribution in [1.29, 1.82) is 0 Å². The van der Waals surface area contributed by atoms with E-state index < -0.39 is 22.8 Å². The monoisotopic (exact) mass is 398 g/mol. The van der Waals surface area contributed by atoms with Crippen LogP contribution in [0.15, 0.2) is 27.8 Å². The molecule has 0 aliphatic carbocycles. The Balaban J connectivity index is 2.51. The molecule has 0 saturated carbocycles. The van der Waals surface area contributed by atoms with Gasteiger partial charge >= 0.3 is 11.9 Å². The van der Waals surface area contributed by atoms with Crippen LogP contribution >= 0.6 is 0 Å². The minimum Gasteiger partial charge on any atom is -0.464 e. The molecule has 2 N–H and O–H groups in total. The summed E-state index contributed by atoms with van der Waals surface area (Å²) in [6.45, 7) is 4.03. The number of pyridine rings is 2. The summed E-state index contributed by atoms with van der Waals surface area (Å²) in [6, 6.07) is 3.99. The van der Waals surface area contributed by atoms with Crippen molar-refractivity contribution in [2.45, 2.75) is 32.6 Å². The average Bonchev–Trinajstić information content (AvgIpc) is 2.71. The summed E-state index contributed by atoms with van der Waals surface area (Å²) in [5.41, 5.74) is 0.489. The highest BCUT2D eigenvalue weighted by Gasteiger charge is 2.20. The second-order valence-corrected chi connectivity index (χ2v) is 6.91. The summed E-state index contributed by atoms with van der Waals surface area (Å²) in [4.78, 5) is 55.5. The van der Waals surface area contributed by atoms with Crippen molar-refractivity contribution in [1.82, 2.24) is 9.97 Å². The smallest absolute Gasteiger partial charge is 0.354 e. The number of carbonyl (C=O) groups excluding carboxylic acids is 2. The third-order valence-corrected chi connectivity index (χ3v) is 5.00. The lowest BCUT2D eigenvalue weighted by atomic mass is 9.91. The normalized spacial score (nSPS) is 12.1. The van der Waals surface area contributed by atoms with Crippen molar-refractivity contribution in [2.75, 3.05) is 14.2 Å². The SMILES string of the molecule is CCCC(C)c1cc2c(=O)cc(C(=O)OC)[nH]c2c2c(=O)cc(C(=O)OC)[nH]c12. The van der Waals surface area contributed by atoms with Gasteiger partial charge in [0.05, 0.1) is 30.6 Å². The zero-order valence-electron chi connectivity index (χ0n) is 16.7. The van der Waals surface area contributed by atoms with Crippen LogP contribution in [0.3, 0.4) is 0 Å². The van der Waals surface area contributed by atoms with Crippen LogP contribution in [0.4, 0.5) is 0 Å². The number of aromatic amines is 2. The molecule has 2 heterocycles. The van der Waals surface area contributed by atoms with Crippen LogP contribution in [0, 0.1) is 0 Å². The lowest BCUT2D eigenvalue weighted by Gasteiger charge is -2.16. The molecule has 8 nitrogen and oxygen atoms in total. The van der Waals surface area contributed by atoms with Gasteiger partial charge < -0.3 is 19.4 Å². The summed E-state index contributed by atoms with van der Waals surface area (Å²) in [5.74, 6) is -1.37. The van der Waals surface area contributed by atoms with Crippen LogP contribution in [0.5, 0.6) is 0 Å². The first-order valence-electron chi connectivity index (χ1n) is 9.25. The van der Waals surface area contributed by atoms with E-state index >= 15 is 0 Å². The van der Waals surface area contributed by atoms with E-state index in [-0.39, 0.29) is 28.2 Å². The first-order chi connectivity index (χ1) is 13.8. The van der Waals surface area contributed by atoms with Crippen LogP contribution in [-0.2, 0) is 9.47 Å². The fraction of sp³-hybridized carbons (Fsp3) is 0.333. The number of fused-ring (bicyclic) bond motifs is 3. The van der Waals surface area contributed by atoms with Crippen molar-refractivity contribution in [3.05, 3.63) is 55.6 Å². The standard InChI is InChI=1S/C21H22N2O6/c1-5-6-10(2)11-7-12-15(24)8-13(20(26)28-3)23-19(12)17-16(25)9-14(21(27)29-4)22-18(11)17/h7-10H,5-6H2,1-4H3,(H,22,25)(H,23,24). The Kier molecular flexibility index (Phi) is 5.54. The van der Waals surface area contributed by atoms with Gasteiger partial charge in [-0.3, -0.25) is 9.59 Å². The van der Waals surface area contributed by atoms with Gasteiger partial charge in [-0.2, -0.15) is 0 Å². The molecule has 0 aliphatic rings. The van der Waals surface area contributed by atoms with Gasteiger partial charge in [-0.1, -0.05) is 20.3 Å². The number of rotatable bonds is 5. The largest absolute Gasteiger partial charge is 0.464 e. The number of esters is 2. The maximum atomic E-state index is 13.0. The van der Waals surface area contributed by atoms with E-state index in [9.17, 15) is 19.2 Å². The second kappa shape index (κ2) is 7.90. The van der Waals surface area contributed by atoms with Crippen LogP contribution in [0.25, 0.3) is 21.8 Å². The molecule has 1 aromatic carbocycles. The first kappa shape index (κ1) is 20.3. The number of hydrogen-bond donors (Lipinski definition) is 2. The predicted molar refractivity (Wildman–Crippen MR) is 109 cm³/mol. The molecule has 0 spiro atoms. The topological polar surface area (TPSA) is 118 Å². The fourth-order valence-corrected chi connectivity index (χ4v) is 3.58. The summed E-state index contributed by atoms with van der Waals surface area (Å²) >= 11 is 0. The van der Waals surface area contributed by atoms with Crippen molar-refractivity contribution in [2.24, 2.45) is 0 Å². The van der Waals surface area contributed by atoms with Gasteiger partial charge in [-0.05, 0) is 24.0 Å². The molecule has 152 valence electrons. The summed E-state index contributed by atoms with van der Waals surface area (Å²) < 4.78 is 9.42. The molecule has 1 atom stereocenters. The summed E-state index contributed by atoms with van der Waals surface area (Å²) in [5, 5.41) is 0.496. The third-order valence-electron chi connectivity index (χ3n) is 5.00. The molecule has 0 saturated heterocycles. The van der Waals surface area contributed by atoms with Crippen molar-refractivity contribution in [3.8, 4) is 0 Å². The number of H-pyrrole nitrogens is 2. The molecule has 29 heavy (non-hydrogen) atoms. The van der Waals surface area contributed by atoms with E-state index in [0.717, 1.165) is 30.5 Å². The quantitative estimate of drug-likeness (QED) is 0.504. The number of methoxy groups -OCH3 is 2. The van der Waals surface area contributed by atoms with Gasteiger partial charge in [0.1, 0.15) is 11.4 Å². The predicted octanol–water partition coefficient (Wildman–Crippen LogP) is 2.85. The highest BCUT2D eigenvalue weighted by Crippen LogP contribution is 2.30. The van der Waals surface area contributed by atoms with Crippen molar-refractivity contribution < 1.29 is 19.1 Å². The molecule has 0 bridgehead atoms. The lowest BCUT2D eigenvalue weighted by Crippen LogP contribution is -2.17. The van der Waals surface area contributed by atoms with E-state index in [1.165, 1.54) is 14.2 Å². The van der Waals surface area contributed by atoms with E-state index in [1.54, 1.807) is 6.07 Å². The van der Waals surface area contributed by atoms with E-state index in [1.807, 2.05) is 13.8 Å². The van der Waals surface area contributed by atoms with Gasteiger partial charge in [0.2, 0.25) is 0 Å². The second-order valence-electron chi connectivity index (χ2n) is 6.91. The van der Waals surface area contributed by atoms with Gasteiger partial charge in [-0.25, -0.2) is 9.59 Å². The molecular formula is C21H22N2O6. The van der Waals surface area contributed by atoms with Gasteiger partial charge in [0.15, 0.2) is 10.9 Å². The average molecular weight is 398 g/mol. The Bertz CT molecular complexity index is 1240. The summed E-state index contributed by atoms with van der Waals surface area (Å²) in [7, 11) is 2.43. The molecule has 8 heteroatoms. The minimum atomic E-state index is -0.719. The molecule has 3 aromatic rings. The van der Waals surface area contributed by atoms with E-state index in [4.69, 9.17) is 4.74 Å². The molecule has 3 rings (SSSR count). The zero-order chi connectivity index (χ0) is 21.3. The molecule has 1 unspecified atom stereocenters. The molecule has 0 aliphatic heterocycles. The minimum absolute atomic E-state index is 0.0146. The molecular weight excluding hydrogens is 376 g/mol. The Morgan fingerprint density at radius 1 is 0.931 bits per heavy atom. The van der Waals surface area contributed by atoms with Crippen LogP contribution in [0.2, 0.25) is 0 Å².